The molecule has 0 fully saturated rings. The van der Waals surface area contributed by atoms with Gasteiger partial charge in [-0.2, -0.15) is 0 Å². The maximum atomic E-state index is 7.26. The van der Waals surface area contributed by atoms with E-state index in [9.17, 15) is 0 Å². The first-order valence-electron chi connectivity index (χ1n) is 23.8. The van der Waals surface area contributed by atoms with Crippen molar-refractivity contribution in [3.05, 3.63) is 218 Å². The van der Waals surface area contributed by atoms with E-state index in [1.807, 2.05) is 0 Å². The fourth-order valence-corrected chi connectivity index (χ4v) is 12.5. The Kier molecular flexibility index (Phi) is 7.50. The summed E-state index contributed by atoms with van der Waals surface area (Å²) in [5.41, 5.74) is 20.6. The summed E-state index contributed by atoms with van der Waals surface area (Å²) in [6, 6.07) is 78.6. The Morgan fingerprint density at radius 3 is 1.07 bits per heavy atom. The molecule has 0 saturated carbocycles. The predicted molar refractivity (Wildman–Crippen MR) is 284 cm³/mol. The third kappa shape index (κ3) is 5.08. The second-order valence-corrected chi connectivity index (χ2v) is 18.7. The fraction of sp³-hybridized carbons (Fsp3) is 0. The van der Waals surface area contributed by atoms with Gasteiger partial charge >= 0.3 is 0 Å². The number of ether oxygens (including phenoxy) is 3. The van der Waals surface area contributed by atoms with Gasteiger partial charge in [-0.25, -0.2) is 0 Å². The van der Waals surface area contributed by atoms with Gasteiger partial charge in [0.05, 0.1) is 0 Å². The van der Waals surface area contributed by atoms with Crippen LogP contribution in [0.5, 0.6) is 34.5 Å². The molecule has 6 nitrogen and oxygen atoms in total. The van der Waals surface area contributed by atoms with Crippen LogP contribution in [0.3, 0.4) is 0 Å². The van der Waals surface area contributed by atoms with Gasteiger partial charge in [-0.1, -0.05) is 121 Å². The molecule has 6 aliphatic heterocycles. The lowest BCUT2D eigenvalue weighted by Crippen LogP contribution is -2.65. The topological polar surface area (TPSA) is 37.4 Å². The maximum Gasteiger partial charge on any atom is 0.256 e. The van der Waals surface area contributed by atoms with Gasteiger partial charge in [0.1, 0.15) is 34.5 Å². The summed E-state index contributed by atoms with van der Waals surface area (Å²) in [5.74, 6) is 5.24. The van der Waals surface area contributed by atoms with Crippen molar-refractivity contribution in [1.82, 2.24) is 0 Å². The molecule has 0 spiro atoms. The molecule has 0 aliphatic carbocycles. The minimum atomic E-state index is -0.168. The first kappa shape index (κ1) is 37.3. The zero-order valence-electron chi connectivity index (χ0n) is 37.1. The normalized spacial score (nSPS) is 14.3. The van der Waals surface area contributed by atoms with Crippen LogP contribution in [0.2, 0.25) is 0 Å². The molecular formula is C60H36B3N3O3. The van der Waals surface area contributed by atoms with Crippen molar-refractivity contribution in [2.45, 2.75) is 0 Å². The van der Waals surface area contributed by atoms with Crippen LogP contribution in [0.4, 0.5) is 51.2 Å². The highest BCUT2D eigenvalue weighted by molar-refractivity contribution is 7.03. The summed E-state index contributed by atoms with van der Waals surface area (Å²) >= 11 is 0. The van der Waals surface area contributed by atoms with Crippen LogP contribution in [0.15, 0.2) is 218 Å². The number of fused-ring (bicyclic) bond motifs is 12. The molecule has 9 heteroatoms. The zero-order valence-corrected chi connectivity index (χ0v) is 37.1. The Labute approximate surface area is 400 Å². The van der Waals surface area contributed by atoms with Crippen LogP contribution in [0, 0.1) is 0 Å². The van der Waals surface area contributed by atoms with Gasteiger partial charge in [0, 0.05) is 63.3 Å². The number of nitrogens with zero attached hydrogens (tertiary/aromatic N) is 3. The van der Waals surface area contributed by atoms with Crippen molar-refractivity contribution in [3.63, 3.8) is 0 Å². The molecule has 6 aliphatic rings. The van der Waals surface area contributed by atoms with E-state index in [1.54, 1.807) is 0 Å². The molecule has 16 rings (SSSR count). The Balaban J connectivity index is 0.968. The third-order valence-corrected chi connectivity index (χ3v) is 15.2. The number of benzene rings is 10. The molecule has 0 amide bonds. The Hall–Kier alpha value is -8.81. The second kappa shape index (κ2) is 13.9. The average molecular weight is 879 g/mol. The van der Waals surface area contributed by atoms with Crippen LogP contribution >= 0.6 is 0 Å². The molecule has 0 aromatic heterocycles. The van der Waals surface area contributed by atoms with Gasteiger partial charge < -0.3 is 28.9 Å². The van der Waals surface area contributed by atoms with Crippen molar-refractivity contribution in [1.29, 1.82) is 0 Å². The average Bonchev–Trinajstić information content (AvgIpc) is 3.40. The highest BCUT2D eigenvalue weighted by Gasteiger charge is 2.49. The van der Waals surface area contributed by atoms with E-state index in [1.165, 1.54) is 33.0 Å². The van der Waals surface area contributed by atoms with E-state index in [-0.39, 0.29) is 20.1 Å². The lowest BCUT2D eigenvalue weighted by Gasteiger charge is -2.44. The van der Waals surface area contributed by atoms with E-state index >= 15 is 0 Å². The maximum absolute atomic E-state index is 7.26. The molecule has 6 heterocycles. The molecular weight excluding hydrogens is 843 g/mol. The van der Waals surface area contributed by atoms with Gasteiger partial charge in [-0.05, 0) is 134 Å². The molecule has 0 saturated heterocycles. The van der Waals surface area contributed by atoms with E-state index in [4.69, 9.17) is 14.2 Å². The van der Waals surface area contributed by atoms with Crippen molar-refractivity contribution >= 4 is 120 Å². The molecule has 0 radical (unpaired) electrons. The molecule has 0 atom stereocenters. The summed E-state index contributed by atoms with van der Waals surface area (Å²) in [6.45, 7) is -0.307. The molecule has 0 N–H and O–H groups in total. The Bertz CT molecular complexity index is 3830. The largest absolute Gasteiger partial charge is 0.458 e. The summed E-state index contributed by atoms with van der Waals surface area (Å²) < 4.78 is 21.2. The number of hydrogen-bond donors (Lipinski definition) is 0. The molecule has 0 bridgehead atoms. The van der Waals surface area contributed by atoms with Crippen LogP contribution in [0.1, 0.15) is 0 Å². The van der Waals surface area contributed by atoms with Gasteiger partial charge in [0.15, 0.2) is 0 Å². The lowest BCUT2D eigenvalue weighted by molar-refractivity contribution is 0.487. The first-order chi connectivity index (χ1) is 34.2. The quantitative estimate of drug-likeness (QED) is 0.165. The molecule has 10 aromatic carbocycles. The van der Waals surface area contributed by atoms with Crippen LogP contribution in [0.25, 0.3) is 0 Å². The van der Waals surface area contributed by atoms with E-state index in [0.717, 1.165) is 102 Å². The van der Waals surface area contributed by atoms with Crippen LogP contribution < -0.4 is 78.1 Å². The second-order valence-electron chi connectivity index (χ2n) is 18.7. The number of anilines is 9. The van der Waals surface area contributed by atoms with Crippen LogP contribution in [-0.2, 0) is 0 Å². The lowest BCUT2D eigenvalue weighted by atomic mass is 9.29. The number of rotatable bonds is 3. The van der Waals surface area contributed by atoms with Crippen molar-refractivity contribution in [3.8, 4) is 34.5 Å². The predicted octanol–water partition coefficient (Wildman–Crippen LogP) is 8.90. The highest BCUT2D eigenvalue weighted by atomic mass is 16.5. The smallest absolute Gasteiger partial charge is 0.256 e. The molecule has 10 aromatic rings. The fourth-order valence-electron chi connectivity index (χ4n) is 12.5. The van der Waals surface area contributed by atoms with Crippen molar-refractivity contribution in [2.75, 3.05) is 14.7 Å². The summed E-state index contributed by atoms with van der Waals surface area (Å²) in [5, 5.41) is 0. The zero-order chi connectivity index (χ0) is 44.9. The molecule has 69 heavy (non-hydrogen) atoms. The number of hydrogen-bond acceptors (Lipinski definition) is 6. The Morgan fingerprint density at radius 1 is 0.232 bits per heavy atom. The number of para-hydroxylation sites is 5. The summed E-state index contributed by atoms with van der Waals surface area (Å²) in [4.78, 5) is 7.20. The minimum Gasteiger partial charge on any atom is -0.458 e. The molecule has 0 unspecified atom stereocenters. The highest BCUT2D eigenvalue weighted by Crippen LogP contribution is 2.47. The first-order valence-corrected chi connectivity index (χ1v) is 23.8. The van der Waals surface area contributed by atoms with Crippen molar-refractivity contribution < 1.29 is 14.2 Å². The van der Waals surface area contributed by atoms with E-state index in [0.29, 0.717) is 0 Å². The van der Waals surface area contributed by atoms with Gasteiger partial charge in [0.25, 0.3) is 20.1 Å². The summed E-state index contributed by atoms with van der Waals surface area (Å²) in [6.07, 6.45) is 0. The summed E-state index contributed by atoms with van der Waals surface area (Å²) in [7, 11) is 0. The van der Waals surface area contributed by atoms with E-state index < -0.39 is 0 Å². The van der Waals surface area contributed by atoms with Gasteiger partial charge in [-0.3, -0.25) is 0 Å². The SMILES string of the molecule is c1ccc(N2c3ccccc3B3c4cc5c(cc4Oc4cccc2c43)N(c2ccccc2)c2cccc3c2B5c2cc4c(cc2O3)N(c2ccccc2)c2cccc3c2B4c2ccccc2O3)cc1. The standard InChI is InChI=1S/C60H36B3N3O3/c1-4-17-37(18-5-1)64-46-25-12-10-23-40(46)61-44-34-43-51(36-56(44)68-54-31-14-26-47(64)58(54)61)66(39-21-8-3-9-22-39)49-28-16-32-55-60(49)63(43)45-33-42-50(35-57(45)69-55)65(38-19-6-2-7-20-38)48-27-15-30-53-59(48)62(42)41-24-11-13-29-52(41)67-53/h1-36H. The monoisotopic (exact) mass is 879 g/mol. The third-order valence-electron chi connectivity index (χ3n) is 15.2. The minimum absolute atomic E-state index is 0.0694. The van der Waals surface area contributed by atoms with Gasteiger partial charge in [0.2, 0.25) is 0 Å². The van der Waals surface area contributed by atoms with E-state index in [2.05, 4.69) is 233 Å². The van der Waals surface area contributed by atoms with Gasteiger partial charge in [-0.15, -0.1) is 0 Å². The Morgan fingerprint density at radius 2 is 0.580 bits per heavy atom. The van der Waals surface area contributed by atoms with Crippen LogP contribution in [-0.4, -0.2) is 20.1 Å². The molecule has 318 valence electrons. The van der Waals surface area contributed by atoms with Crippen molar-refractivity contribution in [2.24, 2.45) is 0 Å².